The van der Waals surface area contributed by atoms with E-state index in [9.17, 15) is 9.59 Å². The number of carbonyl (C=O) groups excluding carboxylic acids is 2. The van der Waals surface area contributed by atoms with E-state index in [0.717, 1.165) is 30.8 Å². The van der Waals surface area contributed by atoms with Gasteiger partial charge < -0.3 is 24.5 Å². The predicted octanol–water partition coefficient (Wildman–Crippen LogP) is 3.82. The average molecular weight is 531 g/mol. The van der Waals surface area contributed by atoms with Crippen LogP contribution in [0.5, 0.6) is 0 Å². The molecule has 3 heterocycles. The molecule has 2 amide bonds. The van der Waals surface area contributed by atoms with E-state index in [1.807, 2.05) is 54.6 Å². The van der Waals surface area contributed by atoms with Crippen molar-refractivity contribution in [2.75, 3.05) is 33.3 Å². The Morgan fingerprint density at radius 1 is 1.05 bits per heavy atom. The van der Waals surface area contributed by atoms with Crippen LogP contribution in [-0.2, 0) is 16.2 Å². The van der Waals surface area contributed by atoms with Gasteiger partial charge in [-0.15, -0.1) is 0 Å². The zero-order valence-electron chi connectivity index (χ0n) is 22.2. The quantitative estimate of drug-likeness (QED) is 0.419. The summed E-state index contributed by atoms with van der Waals surface area (Å²) in [7, 11) is 1.48. The van der Waals surface area contributed by atoms with Crippen molar-refractivity contribution in [3.05, 3.63) is 71.9 Å². The van der Waals surface area contributed by atoms with Gasteiger partial charge in [-0.25, -0.2) is 0 Å². The van der Waals surface area contributed by atoms with Gasteiger partial charge in [0, 0.05) is 24.9 Å². The largest absolute Gasteiger partial charge is 0.399 e. The lowest BCUT2D eigenvalue weighted by Crippen LogP contribution is -2.34. The van der Waals surface area contributed by atoms with Gasteiger partial charge in [0.2, 0.25) is 11.8 Å². The molecule has 2 aliphatic rings. The molecule has 1 N–H and O–H groups in total. The Labute approximate surface area is 228 Å². The number of oxime groups is 1. The Morgan fingerprint density at radius 2 is 1.79 bits per heavy atom. The van der Waals surface area contributed by atoms with Crippen LogP contribution in [0.3, 0.4) is 0 Å². The number of hydrogen-bond acceptors (Lipinski definition) is 8. The van der Waals surface area contributed by atoms with Crippen LogP contribution in [0.2, 0.25) is 0 Å². The van der Waals surface area contributed by atoms with E-state index >= 15 is 0 Å². The lowest BCUT2D eigenvalue weighted by Gasteiger charge is -2.25. The van der Waals surface area contributed by atoms with Crippen LogP contribution >= 0.6 is 0 Å². The molecule has 5 rings (SSSR count). The van der Waals surface area contributed by atoms with Crippen molar-refractivity contribution in [1.29, 1.82) is 0 Å². The monoisotopic (exact) mass is 530 g/mol. The number of rotatable bonds is 9. The molecule has 2 aromatic carbocycles. The molecule has 2 aliphatic heterocycles. The number of aromatic nitrogens is 2. The highest BCUT2D eigenvalue weighted by Gasteiger charge is 2.38. The van der Waals surface area contributed by atoms with Crippen molar-refractivity contribution < 1.29 is 18.9 Å². The summed E-state index contributed by atoms with van der Waals surface area (Å²) in [5.41, 5.74) is 3.40. The number of benzene rings is 2. The predicted molar refractivity (Wildman–Crippen MR) is 146 cm³/mol. The summed E-state index contributed by atoms with van der Waals surface area (Å²) in [6, 6.07) is 17.1. The standard InChI is InChI=1S/C29H34N6O4/c1-38-32-24-18-25(28-31-27(39-33-28)19-30-26(36)14-17-34-15-6-3-7-16-34)35(20-24)29(37)23-12-10-22(11-13-23)21-8-4-2-5-9-21/h2,4-5,8-13,25H,3,6-7,14-20H2,1H3,(H,30,36)/b32-24+/t25-/m0/s1. The summed E-state index contributed by atoms with van der Waals surface area (Å²) in [5, 5.41) is 11.1. The smallest absolute Gasteiger partial charge is 0.254 e. The van der Waals surface area contributed by atoms with E-state index in [4.69, 9.17) is 9.36 Å². The maximum atomic E-state index is 13.5. The van der Waals surface area contributed by atoms with Gasteiger partial charge in [0.15, 0.2) is 5.82 Å². The maximum absolute atomic E-state index is 13.5. The zero-order chi connectivity index (χ0) is 27.0. The second-order valence-corrected chi connectivity index (χ2v) is 9.91. The summed E-state index contributed by atoms with van der Waals surface area (Å²) in [5.74, 6) is 0.473. The van der Waals surface area contributed by atoms with Crippen LogP contribution in [0, 0.1) is 0 Å². The number of nitrogens with zero attached hydrogens (tertiary/aromatic N) is 5. The zero-order valence-corrected chi connectivity index (χ0v) is 22.2. The van der Waals surface area contributed by atoms with Crippen molar-refractivity contribution in [2.24, 2.45) is 5.16 Å². The van der Waals surface area contributed by atoms with Crippen molar-refractivity contribution >= 4 is 17.5 Å². The molecular formula is C29H34N6O4. The second-order valence-electron chi connectivity index (χ2n) is 9.91. The molecule has 2 fully saturated rings. The SMILES string of the molecule is CO/N=C1\C[C@@H](c2noc(CNC(=O)CCN3CCCCC3)n2)N(C(=O)c2ccc(-c3ccccc3)cc2)C1. The molecule has 10 nitrogen and oxygen atoms in total. The second kappa shape index (κ2) is 12.7. The van der Waals surface area contributed by atoms with Crippen LogP contribution in [0.15, 0.2) is 64.3 Å². The van der Waals surface area contributed by atoms with Crippen molar-refractivity contribution in [3.63, 3.8) is 0 Å². The first-order valence-electron chi connectivity index (χ1n) is 13.5. The Morgan fingerprint density at radius 3 is 2.54 bits per heavy atom. The van der Waals surface area contributed by atoms with Crippen molar-refractivity contribution in [1.82, 2.24) is 25.3 Å². The molecule has 3 aromatic rings. The Kier molecular flexibility index (Phi) is 8.62. The molecule has 1 atom stereocenters. The minimum absolute atomic E-state index is 0.0496. The average Bonchev–Trinajstić information content (AvgIpc) is 3.63. The highest BCUT2D eigenvalue weighted by Crippen LogP contribution is 2.31. The Balaban J connectivity index is 1.22. The molecule has 2 saturated heterocycles. The normalized spacial score (nSPS) is 18.8. The summed E-state index contributed by atoms with van der Waals surface area (Å²) in [4.78, 5) is 39.4. The van der Waals surface area contributed by atoms with Gasteiger partial charge in [-0.3, -0.25) is 9.59 Å². The molecule has 1 aromatic heterocycles. The number of nitrogens with one attached hydrogen (secondary N) is 1. The Bertz CT molecular complexity index is 1280. The molecular weight excluding hydrogens is 496 g/mol. The van der Waals surface area contributed by atoms with Gasteiger partial charge in [-0.05, 0) is 49.2 Å². The lowest BCUT2D eigenvalue weighted by atomic mass is 10.0. The van der Waals surface area contributed by atoms with Gasteiger partial charge in [0.05, 0.1) is 18.8 Å². The van der Waals surface area contributed by atoms with E-state index in [1.165, 1.54) is 26.4 Å². The van der Waals surface area contributed by atoms with Crippen LogP contribution in [0.4, 0.5) is 0 Å². The van der Waals surface area contributed by atoms with Gasteiger partial charge >= 0.3 is 0 Å². The number of piperidine rings is 1. The number of carbonyl (C=O) groups is 2. The van der Waals surface area contributed by atoms with E-state index in [0.29, 0.717) is 42.4 Å². The maximum Gasteiger partial charge on any atom is 0.254 e. The van der Waals surface area contributed by atoms with Crippen molar-refractivity contribution in [3.8, 4) is 11.1 Å². The molecule has 0 bridgehead atoms. The van der Waals surface area contributed by atoms with Crippen LogP contribution in [0.25, 0.3) is 11.1 Å². The lowest BCUT2D eigenvalue weighted by molar-refractivity contribution is -0.121. The van der Waals surface area contributed by atoms with Gasteiger partial charge in [-0.1, -0.05) is 59.2 Å². The molecule has 0 saturated carbocycles. The first-order chi connectivity index (χ1) is 19.1. The first kappa shape index (κ1) is 26.6. The van der Waals surface area contributed by atoms with Crippen LogP contribution in [-0.4, -0.2) is 70.8 Å². The van der Waals surface area contributed by atoms with Gasteiger partial charge in [0.25, 0.3) is 5.91 Å². The summed E-state index contributed by atoms with van der Waals surface area (Å²) in [6.45, 7) is 3.32. The summed E-state index contributed by atoms with van der Waals surface area (Å²) >= 11 is 0. The minimum Gasteiger partial charge on any atom is -0.399 e. The van der Waals surface area contributed by atoms with E-state index < -0.39 is 6.04 Å². The molecule has 204 valence electrons. The van der Waals surface area contributed by atoms with Gasteiger partial charge in [-0.2, -0.15) is 4.98 Å². The van der Waals surface area contributed by atoms with E-state index in [1.54, 1.807) is 4.90 Å². The summed E-state index contributed by atoms with van der Waals surface area (Å²) in [6.07, 6.45) is 4.53. The first-order valence-corrected chi connectivity index (χ1v) is 13.5. The van der Waals surface area contributed by atoms with Crippen LogP contribution in [0.1, 0.15) is 60.2 Å². The molecule has 0 spiro atoms. The van der Waals surface area contributed by atoms with E-state index in [-0.39, 0.29) is 18.4 Å². The highest BCUT2D eigenvalue weighted by molar-refractivity contribution is 6.00. The van der Waals surface area contributed by atoms with Gasteiger partial charge in [0.1, 0.15) is 13.2 Å². The molecule has 0 radical (unpaired) electrons. The third-order valence-corrected chi connectivity index (χ3v) is 7.20. The third kappa shape index (κ3) is 6.69. The fourth-order valence-corrected chi connectivity index (χ4v) is 5.13. The fraction of sp³-hybridized carbons (Fsp3) is 0.414. The third-order valence-electron chi connectivity index (χ3n) is 7.20. The summed E-state index contributed by atoms with van der Waals surface area (Å²) < 4.78 is 5.42. The molecule has 39 heavy (non-hydrogen) atoms. The minimum atomic E-state index is -0.451. The highest BCUT2D eigenvalue weighted by atomic mass is 16.6. The topological polar surface area (TPSA) is 113 Å². The molecule has 10 heteroatoms. The Hall–Kier alpha value is -4.05. The molecule has 0 aliphatic carbocycles. The number of amides is 2. The van der Waals surface area contributed by atoms with E-state index in [2.05, 4.69) is 25.5 Å². The number of likely N-dealkylation sites (tertiary alicyclic amines) is 2. The fourth-order valence-electron chi connectivity index (χ4n) is 5.13. The molecule has 0 unspecified atom stereocenters. The number of hydrogen-bond donors (Lipinski definition) is 1. The van der Waals surface area contributed by atoms with Crippen LogP contribution < -0.4 is 5.32 Å². The van der Waals surface area contributed by atoms with Crippen molar-refractivity contribution in [2.45, 2.75) is 44.7 Å².